The molecule has 2 aromatic rings. The highest BCUT2D eigenvalue weighted by atomic mass is 19.1. The van der Waals surface area contributed by atoms with Crippen molar-refractivity contribution < 1.29 is 23.4 Å². The molecule has 6 heteroatoms. The van der Waals surface area contributed by atoms with Crippen molar-refractivity contribution in [2.75, 3.05) is 6.79 Å². The molecule has 0 atom stereocenters. The number of pyridine rings is 1. The molecule has 0 amide bonds. The van der Waals surface area contributed by atoms with Crippen LogP contribution in [0.1, 0.15) is 15.9 Å². The molecule has 1 aliphatic rings. The standard InChI is InChI=1S/C14H10FNO4/c15-11-1-9(4-16-5-11)7-18-12-3-14-13(19-8-20-14)2-10(12)6-17/h1-6H,7-8H2. The first kappa shape index (κ1) is 12.4. The molecular formula is C14H10FNO4. The molecule has 20 heavy (non-hydrogen) atoms. The largest absolute Gasteiger partial charge is 0.488 e. The van der Waals surface area contributed by atoms with Gasteiger partial charge < -0.3 is 14.2 Å². The van der Waals surface area contributed by atoms with Crippen LogP contribution in [0.2, 0.25) is 0 Å². The number of aromatic nitrogens is 1. The van der Waals surface area contributed by atoms with Gasteiger partial charge in [-0.05, 0) is 12.1 Å². The van der Waals surface area contributed by atoms with Crippen molar-refractivity contribution >= 4 is 6.29 Å². The van der Waals surface area contributed by atoms with Crippen LogP contribution in [0.4, 0.5) is 4.39 Å². The molecule has 0 unspecified atom stereocenters. The van der Waals surface area contributed by atoms with Gasteiger partial charge in [0.25, 0.3) is 0 Å². The Labute approximate surface area is 113 Å². The SMILES string of the molecule is O=Cc1cc2c(cc1OCc1cncc(F)c1)OCO2. The van der Waals surface area contributed by atoms with Crippen LogP contribution >= 0.6 is 0 Å². The number of benzene rings is 1. The van der Waals surface area contributed by atoms with Gasteiger partial charge in [-0.2, -0.15) is 0 Å². The van der Waals surface area contributed by atoms with Crippen LogP contribution in [0.3, 0.4) is 0 Å². The monoisotopic (exact) mass is 275 g/mol. The molecule has 5 nitrogen and oxygen atoms in total. The molecule has 0 radical (unpaired) electrons. The Hall–Kier alpha value is -2.63. The zero-order valence-electron chi connectivity index (χ0n) is 10.3. The van der Waals surface area contributed by atoms with Crippen molar-refractivity contribution in [2.45, 2.75) is 6.61 Å². The van der Waals surface area contributed by atoms with Crippen molar-refractivity contribution in [1.82, 2.24) is 4.98 Å². The van der Waals surface area contributed by atoms with Crippen LogP contribution in [-0.4, -0.2) is 18.1 Å². The predicted octanol–water partition coefficient (Wildman–Crippen LogP) is 2.34. The zero-order chi connectivity index (χ0) is 13.9. The average molecular weight is 275 g/mol. The van der Waals surface area contributed by atoms with Crippen LogP contribution in [-0.2, 0) is 6.61 Å². The number of aldehydes is 1. The molecule has 0 N–H and O–H groups in total. The number of rotatable bonds is 4. The fourth-order valence-corrected chi connectivity index (χ4v) is 1.85. The summed E-state index contributed by atoms with van der Waals surface area (Å²) in [6, 6.07) is 4.45. The van der Waals surface area contributed by atoms with Gasteiger partial charge in [0, 0.05) is 17.8 Å². The average Bonchev–Trinajstić information content (AvgIpc) is 2.91. The van der Waals surface area contributed by atoms with E-state index in [2.05, 4.69) is 4.98 Å². The third kappa shape index (κ3) is 2.40. The number of hydrogen-bond acceptors (Lipinski definition) is 5. The van der Waals surface area contributed by atoms with E-state index in [-0.39, 0.29) is 13.4 Å². The van der Waals surface area contributed by atoms with E-state index in [1.807, 2.05) is 0 Å². The van der Waals surface area contributed by atoms with Crippen molar-refractivity contribution in [3.63, 3.8) is 0 Å². The number of nitrogens with zero attached hydrogens (tertiary/aromatic N) is 1. The Morgan fingerprint density at radius 1 is 1.25 bits per heavy atom. The van der Waals surface area contributed by atoms with Crippen molar-refractivity contribution in [3.05, 3.63) is 47.5 Å². The Bertz CT molecular complexity index is 660. The van der Waals surface area contributed by atoms with Gasteiger partial charge in [-0.3, -0.25) is 9.78 Å². The second kappa shape index (κ2) is 5.16. The third-order valence-corrected chi connectivity index (χ3v) is 2.79. The molecule has 0 bridgehead atoms. The summed E-state index contributed by atoms with van der Waals surface area (Å²) in [5.41, 5.74) is 0.915. The van der Waals surface area contributed by atoms with Gasteiger partial charge in [-0.25, -0.2) is 4.39 Å². The lowest BCUT2D eigenvalue weighted by Gasteiger charge is -2.09. The summed E-state index contributed by atoms with van der Waals surface area (Å²) in [6.07, 6.45) is 3.28. The number of hydrogen-bond donors (Lipinski definition) is 0. The first-order chi connectivity index (χ1) is 9.76. The van der Waals surface area contributed by atoms with Crippen LogP contribution in [0, 0.1) is 5.82 Å². The van der Waals surface area contributed by atoms with Crippen molar-refractivity contribution in [1.29, 1.82) is 0 Å². The predicted molar refractivity (Wildman–Crippen MR) is 66.5 cm³/mol. The van der Waals surface area contributed by atoms with Gasteiger partial charge in [0.1, 0.15) is 18.2 Å². The van der Waals surface area contributed by atoms with Gasteiger partial charge in [-0.15, -0.1) is 0 Å². The topological polar surface area (TPSA) is 57.7 Å². The molecule has 0 aliphatic carbocycles. The molecule has 0 fully saturated rings. The Morgan fingerprint density at radius 3 is 2.80 bits per heavy atom. The van der Waals surface area contributed by atoms with Crippen LogP contribution < -0.4 is 14.2 Å². The van der Waals surface area contributed by atoms with Gasteiger partial charge in [0.15, 0.2) is 17.8 Å². The second-order valence-corrected chi connectivity index (χ2v) is 4.16. The van der Waals surface area contributed by atoms with Crippen LogP contribution in [0.15, 0.2) is 30.6 Å². The number of halogens is 1. The van der Waals surface area contributed by atoms with Gasteiger partial charge in [-0.1, -0.05) is 0 Å². The summed E-state index contributed by atoms with van der Waals surface area (Å²) in [6.45, 7) is 0.218. The minimum absolute atomic E-state index is 0.102. The first-order valence-corrected chi connectivity index (χ1v) is 5.87. The van der Waals surface area contributed by atoms with E-state index in [9.17, 15) is 9.18 Å². The molecule has 1 aromatic carbocycles. The lowest BCUT2D eigenvalue weighted by Crippen LogP contribution is -1.99. The molecule has 3 rings (SSSR count). The van der Waals surface area contributed by atoms with E-state index in [4.69, 9.17) is 14.2 Å². The maximum Gasteiger partial charge on any atom is 0.231 e. The van der Waals surface area contributed by atoms with E-state index < -0.39 is 5.82 Å². The lowest BCUT2D eigenvalue weighted by molar-refractivity contribution is 0.111. The van der Waals surface area contributed by atoms with E-state index in [1.54, 1.807) is 12.1 Å². The van der Waals surface area contributed by atoms with Gasteiger partial charge in [0.05, 0.1) is 11.8 Å². The summed E-state index contributed by atoms with van der Waals surface area (Å²) in [5.74, 6) is 0.941. The first-order valence-electron chi connectivity index (χ1n) is 5.87. The Balaban J connectivity index is 1.82. The summed E-state index contributed by atoms with van der Waals surface area (Å²) >= 11 is 0. The minimum Gasteiger partial charge on any atom is -0.488 e. The molecular weight excluding hydrogens is 265 g/mol. The number of fused-ring (bicyclic) bond motifs is 1. The van der Waals surface area contributed by atoms with E-state index in [0.717, 1.165) is 6.20 Å². The van der Waals surface area contributed by atoms with Crippen LogP contribution in [0.25, 0.3) is 0 Å². The maximum absolute atomic E-state index is 13.0. The van der Waals surface area contributed by atoms with E-state index >= 15 is 0 Å². The molecule has 2 heterocycles. The smallest absolute Gasteiger partial charge is 0.231 e. The van der Waals surface area contributed by atoms with Gasteiger partial charge in [0.2, 0.25) is 6.79 Å². The number of ether oxygens (including phenoxy) is 3. The fourth-order valence-electron chi connectivity index (χ4n) is 1.85. The second-order valence-electron chi connectivity index (χ2n) is 4.16. The summed E-state index contributed by atoms with van der Waals surface area (Å²) in [5, 5.41) is 0. The molecule has 0 saturated heterocycles. The molecule has 0 saturated carbocycles. The molecule has 102 valence electrons. The van der Waals surface area contributed by atoms with Crippen LogP contribution in [0.5, 0.6) is 17.2 Å². The summed E-state index contributed by atoms with van der Waals surface area (Å²) < 4.78 is 28.9. The highest BCUT2D eigenvalue weighted by molar-refractivity contribution is 5.81. The number of carbonyl (C=O) groups is 1. The highest BCUT2D eigenvalue weighted by Gasteiger charge is 2.18. The maximum atomic E-state index is 13.0. The van der Waals surface area contributed by atoms with Gasteiger partial charge >= 0.3 is 0 Å². The Kier molecular flexibility index (Phi) is 3.20. The zero-order valence-corrected chi connectivity index (χ0v) is 10.3. The lowest BCUT2D eigenvalue weighted by atomic mass is 10.2. The fraction of sp³-hybridized carbons (Fsp3) is 0.143. The van der Waals surface area contributed by atoms with Crippen molar-refractivity contribution in [2.24, 2.45) is 0 Å². The molecule has 1 aromatic heterocycles. The summed E-state index contributed by atoms with van der Waals surface area (Å²) in [7, 11) is 0. The number of carbonyl (C=O) groups excluding carboxylic acids is 1. The highest BCUT2D eigenvalue weighted by Crippen LogP contribution is 2.37. The van der Waals surface area contributed by atoms with E-state index in [1.165, 1.54) is 12.3 Å². The quantitative estimate of drug-likeness (QED) is 0.801. The molecule has 1 aliphatic heterocycles. The Morgan fingerprint density at radius 2 is 2.05 bits per heavy atom. The third-order valence-electron chi connectivity index (χ3n) is 2.79. The molecule has 0 spiro atoms. The van der Waals surface area contributed by atoms with E-state index in [0.29, 0.717) is 34.7 Å². The normalized spacial score (nSPS) is 12.2. The summed E-state index contributed by atoms with van der Waals surface area (Å²) in [4.78, 5) is 14.8. The van der Waals surface area contributed by atoms with Crippen molar-refractivity contribution in [3.8, 4) is 17.2 Å². The minimum atomic E-state index is -0.438.